The third kappa shape index (κ3) is 3.30. The molecule has 0 fully saturated rings. The third-order valence-electron chi connectivity index (χ3n) is 4.09. The zero-order valence-electron chi connectivity index (χ0n) is 15.1. The van der Waals surface area contributed by atoms with E-state index in [-0.39, 0.29) is 33.8 Å². The molecule has 28 heavy (non-hydrogen) atoms. The molecule has 2 aromatic heterocycles. The summed E-state index contributed by atoms with van der Waals surface area (Å²) in [6, 6.07) is 2.10. The maximum Gasteiger partial charge on any atom is 0.416 e. The van der Waals surface area contributed by atoms with Crippen LogP contribution in [0.1, 0.15) is 36.5 Å². The minimum atomic E-state index is -4.70. The summed E-state index contributed by atoms with van der Waals surface area (Å²) in [5.41, 5.74) is -1.58. The van der Waals surface area contributed by atoms with Crippen LogP contribution in [0.4, 0.5) is 22.0 Å². The van der Waals surface area contributed by atoms with Crippen LogP contribution in [0.25, 0.3) is 16.7 Å². The topological polar surface area (TPSA) is 63.6 Å². The molecule has 0 spiro atoms. The zero-order chi connectivity index (χ0) is 20.8. The number of alkyl halides is 4. The highest BCUT2D eigenvalue weighted by molar-refractivity contribution is 5.83. The molecule has 5 nitrogen and oxygen atoms in total. The summed E-state index contributed by atoms with van der Waals surface area (Å²) < 4.78 is 67.6. The van der Waals surface area contributed by atoms with Crippen molar-refractivity contribution in [2.45, 2.75) is 33.6 Å². The summed E-state index contributed by atoms with van der Waals surface area (Å²) >= 11 is 0. The number of H-pyrrole nitrogens is 1. The molecule has 0 aliphatic heterocycles. The quantitative estimate of drug-likeness (QED) is 0.667. The predicted molar refractivity (Wildman–Crippen MR) is 92.8 cm³/mol. The molecule has 1 N–H and O–H groups in total. The number of rotatable bonds is 3. The number of aromatic nitrogens is 4. The number of hydrogen-bond donors (Lipinski definition) is 1. The first-order chi connectivity index (χ1) is 13.0. The largest absolute Gasteiger partial charge is 0.416 e. The number of halogens is 5. The standard InChI is InChI=1S/C18H15F5N4O/c1-8(2)15(11-5-4-10(6-12(11)20)18(21,22)23)27-16-14(13(7-19)26-27)17(28)25-9(3)24-16/h4-6H,7H2,1-3H3,(H,24,25,28). The summed E-state index contributed by atoms with van der Waals surface area (Å²) in [4.78, 5) is 18.8. The fraction of sp³-hybridized carbons (Fsp3) is 0.278. The van der Waals surface area contributed by atoms with Crippen LogP contribution in [0.5, 0.6) is 0 Å². The Balaban J connectivity index is 2.32. The van der Waals surface area contributed by atoms with Crippen LogP contribution in [0, 0.1) is 12.7 Å². The Bertz CT molecular complexity index is 1150. The fourth-order valence-electron chi connectivity index (χ4n) is 2.93. The highest BCUT2D eigenvalue weighted by Crippen LogP contribution is 2.33. The Morgan fingerprint density at radius 1 is 1.25 bits per heavy atom. The lowest BCUT2D eigenvalue weighted by molar-refractivity contribution is -0.137. The van der Waals surface area contributed by atoms with Crippen molar-refractivity contribution < 1.29 is 22.0 Å². The maximum absolute atomic E-state index is 14.6. The summed E-state index contributed by atoms with van der Waals surface area (Å²) in [6.07, 6.45) is -4.70. The molecular weight excluding hydrogens is 383 g/mol. The van der Waals surface area contributed by atoms with E-state index in [9.17, 15) is 26.7 Å². The maximum atomic E-state index is 14.6. The van der Waals surface area contributed by atoms with E-state index >= 15 is 0 Å². The van der Waals surface area contributed by atoms with Gasteiger partial charge < -0.3 is 4.98 Å². The second kappa shape index (κ2) is 6.84. The second-order valence-electron chi connectivity index (χ2n) is 6.38. The van der Waals surface area contributed by atoms with Crippen LogP contribution >= 0.6 is 0 Å². The fourth-order valence-corrected chi connectivity index (χ4v) is 2.93. The first-order valence-electron chi connectivity index (χ1n) is 8.14. The summed E-state index contributed by atoms with van der Waals surface area (Å²) in [5, 5.41) is 3.93. The highest BCUT2D eigenvalue weighted by Gasteiger charge is 2.32. The number of aryl methyl sites for hydroxylation is 1. The molecule has 0 bridgehead atoms. The van der Waals surface area contributed by atoms with E-state index in [2.05, 4.69) is 15.1 Å². The van der Waals surface area contributed by atoms with Gasteiger partial charge in [-0.05, 0) is 44.5 Å². The molecule has 2 heterocycles. The number of hydrogen-bond acceptors (Lipinski definition) is 3. The van der Waals surface area contributed by atoms with Crippen LogP contribution in [0.2, 0.25) is 0 Å². The molecule has 0 aliphatic rings. The van der Waals surface area contributed by atoms with E-state index in [0.717, 1.165) is 16.8 Å². The molecule has 0 saturated carbocycles. The predicted octanol–water partition coefficient (Wildman–Crippen LogP) is 4.35. The van der Waals surface area contributed by atoms with E-state index in [0.29, 0.717) is 11.6 Å². The van der Waals surface area contributed by atoms with Gasteiger partial charge in [0.25, 0.3) is 5.56 Å². The average Bonchev–Trinajstić information content (AvgIpc) is 2.94. The molecule has 0 saturated heterocycles. The normalized spacial score (nSPS) is 11.9. The highest BCUT2D eigenvalue weighted by atomic mass is 19.4. The van der Waals surface area contributed by atoms with Crippen LogP contribution in [0.15, 0.2) is 28.6 Å². The van der Waals surface area contributed by atoms with Crippen LogP contribution in [-0.2, 0) is 12.9 Å². The van der Waals surface area contributed by atoms with E-state index in [4.69, 9.17) is 0 Å². The molecule has 0 atom stereocenters. The number of nitrogens with one attached hydrogen (secondary N) is 1. The van der Waals surface area contributed by atoms with Gasteiger partial charge in [0.05, 0.1) is 11.3 Å². The van der Waals surface area contributed by atoms with Gasteiger partial charge in [0, 0.05) is 5.56 Å². The van der Waals surface area contributed by atoms with Crippen molar-refractivity contribution >= 4 is 16.7 Å². The van der Waals surface area contributed by atoms with Gasteiger partial charge in [-0.1, -0.05) is 0 Å². The minimum Gasteiger partial charge on any atom is -0.310 e. The first-order valence-corrected chi connectivity index (χ1v) is 8.14. The smallest absolute Gasteiger partial charge is 0.310 e. The van der Waals surface area contributed by atoms with Gasteiger partial charge in [0.15, 0.2) is 5.65 Å². The molecule has 3 aromatic rings. The number of benzene rings is 1. The molecule has 0 aliphatic carbocycles. The van der Waals surface area contributed by atoms with Crippen LogP contribution < -0.4 is 5.56 Å². The van der Waals surface area contributed by atoms with Crippen molar-refractivity contribution in [2.24, 2.45) is 0 Å². The average molecular weight is 398 g/mol. The molecule has 10 heteroatoms. The number of aromatic amines is 1. The number of allylic oxidation sites excluding steroid dienone is 1. The van der Waals surface area contributed by atoms with Gasteiger partial charge in [-0.2, -0.15) is 18.3 Å². The first kappa shape index (κ1) is 19.7. The summed E-state index contributed by atoms with van der Waals surface area (Å²) in [7, 11) is 0. The Labute approximate surface area is 155 Å². The minimum absolute atomic E-state index is 0.00982. The Morgan fingerprint density at radius 3 is 2.46 bits per heavy atom. The molecular formula is C18H15F5N4O. The molecule has 148 valence electrons. The van der Waals surface area contributed by atoms with Gasteiger partial charge in [0.1, 0.15) is 29.4 Å². The lowest BCUT2D eigenvalue weighted by Crippen LogP contribution is -2.12. The molecule has 0 radical (unpaired) electrons. The third-order valence-corrected chi connectivity index (χ3v) is 4.09. The summed E-state index contributed by atoms with van der Waals surface area (Å²) in [5.74, 6) is -0.900. The lowest BCUT2D eigenvalue weighted by Gasteiger charge is -2.14. The Morgan fingerprint density at radius 2 is 1.93 bits per heavy atom. The van der Waals surface area contributed by atoms with Crippen LogP contribution in [0.3, 0.4) is 0 Å². The SMILES string of the molecule is CC(C)=C(c1ccc(C(F)(F)F)cc1F)n1nc(CF)c2c(=O)[nH]c(C)nc21. The van der Waals surface area contributed by atoms with Gasteiger partial charge in [-0.15, -0.1) is 0 Å². The van der Waals surface area contributed by atoms with Crippen molar-refractivity contribution in [3.05, 3.63) is 62.6 Å². The lowest BCUT2D eigenvalue weighted by atomic mass is 10.0. The second-order valence-corrected chi connectivity index (χ2v) is 6.38. The van der Waals surface area contributed by atoms with Crippen molar-refractivity contribution in [2.75, 3.05) is 0 Å². The molecule has 0 amide bonds. The molecule has 0 unspecified atom stereocenters. The van der Waals surface area contributed by atoms with Crippen molar-refractivity contribution in [1.29, 1.82) is 0 Å². The molecule has 3 rings (SSSR count). The van der Waals surface area contributed by atoms with Gasteiger partial charge in [0.2, 0.25) is 0 Å². The van der Waals surface area contributed by atoms with Crippen molar-refractivity contribution in [3.63, 3.8) is 0 Å². The summed E-state index contributed by atoms with van der Waals surface area (Å²) in [6.45, 7) is 3.63. The van der Waals surface area contributed by atoms with Gasteiger partial charge in [-0.3, -0.25) is 4.79 Å². The van der Waals surface area contributed by atoms with Gasteiger partial charge in [-0.25, -0.2) is 18.4 Å². The monoisotopic (exact) mass is 398 g/mol. The van der Waals surface area contributed by atoms with E-state index in [1.807, 2.05) is 0 Å². The van der Waals surface area contributed by atoms with Crippen molar-refractivity contribution in [3.8, 4) is 0 Å². The van der Waals surface area contributed by atoms with E-state index in [1.54, 1.807) is 13.8 Å². The van der Waals surface area contributed by atoms with Crippen LogP contribution in [-0.4, -0.2) is 19.7 Å². The van der Waals surface area contributed by atoms with Crippen molar-refractivity contribution in [1.82, 2.24) is 19.7 Å². The number of fused-ring (bicyclic) bond motifs is 1. The zero-order valence-corrected chi connectivity index (χ0v) is 15.1. The van der Waals surface area contributed by atoms with E-state index in [1.165, 1.54) is 6.92 Å². The number of nitrogens with zero attached hydrogens (tertiary/aromatic N) is 3. The van der Waals surface area contributed by atoms with E-state index < -0.39 is 29.8 Å². The van der Waals surface area contributed by atoms with Gasteiger partial charge >= 0.3 is 6.18 Å². The molecule has 1 aromatic carbocycles. The Hall–Kier alpha value is -3.04. The Kier molecular flexibility index (Phi) is 4.82.